The molecule has 0 fully saturated rings. The van der Waals surface area contributed by atoms with Crippen molar-refractivity contribution in [1.82, 2.24) is 5.32 Å². The third-order valence-corrected chi connectivity index (χ3v) is 5.21. The van der Waals surface area contributed by atoms with Crippen LogP contribution in [0.3, 0.4) is 0 Å². The predicted octanol–water partition coefficient (Wildman–Crippen LogP) is 0.208. The number of rotatable bonds is 12. The van der Waals surface area contributed by atoms with Gasteiger partial charge in [0.25, 0.3) is 0 Å². The Bertz CT molecular complexity index is 721. The van der Waals surface area contributed by atoms with E-state index in [1.165, 1.54) is 6.07 Å². The number of carbonyl (C=O) groups excluding carboxylic acids is 1. The summed E-state index contributed by atoms with van der Waals surface area (Å²) in [6.07, 6.45) is 0.948. The van der Waals surface area contributed by atoms with Crippen LogP contribution in [0.25, 0.3) is 0 Å². The maximum absolute atomic E-state index is 12.2. The van der Waals surface area contributed by atoms with Crippen molar-refractivity contribution in [2.75, 3.05) is 36.5 Å². The fraction of sp³-hybridized carbons (Fsp3) is 0.500. The molecule has 0 unspecified atom stereocenters. The number of nitrogens with one attached hydrogen (secondary N) is 2. The van der Waals surface area contributed by atoms with Crippen LogP contribution in [0.2, 0.25) is 0 Å². The highest BCUT2D eigenvalue weighted by atomic mass is 32.2. The Morgan fingerprint density at radius 2 is 1.85 bits per heavy atom. The molecule has 9 nitrogen and oxygen atoms in total. The van der Waals surface area contributed by atoms with Crippen LogP contribution in [0.15, 0.2) is 23.1 Å². The third-order valence-electron chi connectivity index (χ3n) is 3.49. The molecule has 0 saturated carbocycles. The molecule has 0 atom stereocenters. The van der Waals surface area contributed by atoms with E-state index in [1.807, 2.05) is 0 Å². The van der Waals surface area contributed by atoms with Crippen molar-refractivity contribution in [3.05, 3.63) is 18.2 Å². The Hall–Kier alpha value is -2.33. The Labute approximate surface area is 152 Å². The quantitative estimate of drug-likeness (QED) is 0.251. The summed E-state index contributed by atoms with van der Waals surface area (Å²) in [5.41, 5.74) is 6.35. The van der Waals surface area contributed by atoms with Crippen LogP contribution in [0.5, 0.6) is 0 Å². The molecule has 0 aliphatic heterocycles. The minimum atomic E-state index is -3.65. The van der Waals surface area contributed by atoms with Gasteiger partial charge in [0.05, 0.1) is 22.9 Å². The third kappa shape index (κ3) is 7.70. The van der Waals surface area contributed by atoms with E-state index >= 15 is 0 Å². The van der Waals surface area contributed by atoms with Crippen molar-refractivity contribution in [1.29, 1.82) is 0 Å². The number of carboxylic acids is 1. The SMILES string of the molecule is Nc1ccc(NCCCNC(=O)CCCC(=O)O)c(S(=O)(=O)CCO)c1. The number of carboxylic acid groups (broad SMARTS) is 1. The van der Waals surface area contributed by atoms with Gasteiger partial charge < -0.3 is 26.6 Å². The van der Waals surface area contributed by atoms with Crippen LogP contribution in [0.1, 0.15) is 25.7 Å². The molecule has 1 rings (SSSR count). The van der Waals surface area contributed by atoms with E-state index in [1.54, 1.807) is 12.1 Å². The van der Waals surface area contributed by atoms with Crippen LogP contribution < -0.4 is 16.4 Å². The van der Waals surface area contributed by atoms with Crippen molar-refractivity contribution in [2.24, 2.45) is 0 Å². The number of amides is 1. The Morgan fingerprint density at radius 3 is 2.50 bits per heavy atom. The maximum Gasteiger partial charge on any atom is 0.303 e. The van der Waals surface area contributed by atoms with E-state index in [2.05, 4.69) is 10.6 Å². The number of sulfone groups is 1. The van der Waals surface area contributed by atoms with Gasteiger partial charge in [-0.15, -0.1) is 0 Å². The Morgan fingerprint density at radius 1 is 1.12 bits per heavy atom. The van der Waals surface area contributed by atoms with Crippen molar-refractivity contribution < 1.29 is 28.2 Å². The maximum atomic E-state index is 12.2. The van der Waals surface area contributed by atoms with Gasteiger partial charge in [0.2, 0.25) is 5.91 Å². The van der Waals surface area contributed by atoms with Crippen LogP contribution >= 0.6 is 0 Å². The number of carbonyl (C=O) groups is 2. The molecule has 0 aliphatic carbocycles. The molecule has 6 N–H and O–H groups in total. The number of aliphatic hydroxyl groups is 1. The van der Waals surface area contributed by atoms with Gasteiger partial charge in [-0.2, -0.15) is 0 Å². The van der Waals surface area contributed by atoms with Gasteiger partial charge in [-0.25, -0.2) is 8.42 Å². The van der Waals surface area contributed by atoms with E-state index in [4.69, 9.17) is 15.9 Å². The molecule has 1 amide bonds. The molecule has 1 aromatic rings. The van der Waals surface area contributed by atoms with Gasteiger partial charge in [0, 0.05) is 31.6 Å². The van der Waals surface area contributed by atoms with Crippen LogP contribution in [-0.2, 0) is 19.4 Å². The number of aliphatic carboxylic acids is 1. The summed E-state index contributed by atoms with van der Waals surface area (Å²) in [5, 5.41) is 23.1. The highest BCUT2D eigenvalue weighted by Crippen LogP contribution is 2.25. The van der Waals surface area contributed by atoms with E-state index in [-0.39, 0.29) is 30.1 Å². The lowest BCUT2D eigenvalue weighted by Crippen LogP contribution is -2.25. The lowest BCUT2D eigenvalue weighted by atomic mass is 10.2. The second-order valence-corrected chi connectivity index (χ2v) is 7.75. The van der Waals surface area contributed by atoms with Crippen molar-refractivity contribution in [3.8, 4) is 0 Å². The number of hydrogen-bond acceptors (Lipinski definition) is 7. The van der Waals surface area contributed by atoms with E-state index in [0.29, 0.717) is 30.9 Å². The second kappa shape index (κ2) is 10.6. The average Bonchev–Trinajstić information content (AvgIpc) is 2.55. The first-order valence-corrected chi connectivity index (χ1v) is 9.87. The Balaban J connectivity index is 2.46. The summed E-state index contributed by atoms with van der Waals surface area (Å²) in [6, 6.07) is 4.48. The predicted molar refractivity (Wildman–Crippen MR) is 97.6 cm³/mol. The fourth-order valence-electron chi connectivity index (χ4n) is 2.20. The van der Waals surface area contributed by atoms with Gasteiger partial charge in [-0.3, -0.25) is 9.59 Å². The molecule has 0 radical (unpaired) electrons. The zero-order valence-corrected chi connectivity index (χ0v) is 15.2. The minimum absolute atomic E-state index is 0.0317. The summed E-state index contributed by atoms with van der Waals surface area (Å²) in [7, 11) is -3.65. The lowest BCUT2D eigenvalue weighted by Gasteiger charge is -2.13. The summed E-state index contributed by atoms with van der Waals surface area (Å²) in [4.78, 5) is 21.9. The zero-order valence-electron chi connectivity index (χ0n) is 14.4. The van der Waals surface area contributed by atoms with Gasteiger partial charge in [0.1, 0.15) is 0 Å². The van der Waals surface area contributed by atoms with E-state index in [0.717, 1.165) is 0 Å². The monoisotopic (exact) mass is 387 g/mol. The Kier molecular flexibility index (Phi) is 8.86. The summed E-state index contributed by atoms with van der Waals surface area (Å²) in [5.74, 6) is -1.54. The summed E-state index contributed by atoms with van der Waals surface area (Å²) < 4.78 is 24.4. The van der Waals surface area contributed by atoms with E-state index in [9.17, 15) is 18.0 Å². The molecule has 0 aromatic heterocycles. The smallest absolute Gasteiger partial charge is 0.303 e. The topological polar surface area (TPSA) is 159 Å². The molecular formula is C16H25N3O6S. The molecule has 10 heteroatoms. The number of anilines is 2. The normalized spacial score (nSPS) is 11.1. The molecule has 146 valence electrons. The molecular weight excluding hydrogens is 362 g/mol. The highest BCUT2D eigenvalue weighted by molar-refractivity contribution is 7.91. The molecule has 0 saturated heterocycles. The summed E-state index contributed by atoms with van der Waals surface area (Å²) in [6.45, 7) is 0.318. The molecule has 1 aromatic carbocycles. The fourth-order valence-corrected chi connectivity index (χ4v) is 3.45. The largest absolute Gasteiger partial charge is 0.481 e. The van der Waals surface area contributed by atoms with Crippen LogP contribution in [0.4, 0.5) is 11.4 Å². The first-order chi connectivity index (χ1) is 12.3. The van der Waals surface area contributed by atoms with Crippen molar-refractivity contribution in [2.45, 2.75) is 30.6 Å². The number of benzene rings is 1. The first kappa shape index (κ1) is 21.7. The van der Waals surface area contributed by atoms with Gasteiger partial charge in [-0.1, -0.05) is 0 Å². The molecule has 0 aliphatic rings. The number of nitrogen functional groups attached to an aromatic ring is 1. The highest BCUT2D eigenvalue weighted by Gasteiger charge is 2.18. The van der Waals surface area contributed by atoms with E-state index < -0.39 is 28.2 Å². The van der Waals surface area contributed by atoms with Crippen LogP contribution in [-0.4, -0.2) is 56.0 Å². The number of hydrogen-bond donors (Lipinski definition) is 5. The standard InChI is InChI=1S/C16H25N3O6S/c17-12-5-6-13(14(11-12)26(24,25)10-9-20)18-7-2-8-19-15(21)3-1-4-16(22)23/h5-6,11,18,20H,1-4,7-10,17H2,(H,19,21)(H,22,23). The summed E-state index contributed by atoms with van der Waals surface area (Å²) >= 11 is 0. The number of aliphatic hydroxyl groups excluding tert-OH is 1. The lowest BCUT2D eigenvalue weighted by molar-refractivity contribution is -0.137. The van der Waals surface area contributed by atoms with Crippen molar-refractivity contribution >= 4 is 33.1 Å². The molecule has 0 heterocycles. The average molecular weight is 387 g/mol. The van der Waals surface area contributed by atoms with Crippen molar-refractivity contribution in [3.63, 3.8) is 0 Å². The zero-order chi connectivity index (χ0) is 19.6. The first-order valence-electron chi connectivity index (χ1n) is 8.22. The molecule has 0 bridgehead atoms. The second-order valence-electron chi connectivity index (χ2n) is 5.68. The molecule has 26 heavy (non-hydrogen) atoms. The van der Waals surface area contributed by atoms with Gasteiger partial charge in [-0.05, 0) is 31.0 Å². The molecule has 0 spiro atoms. The number of nitrogens with two attached hydrogens (primary N) is 1. The van der Waals surface area contributed by atoms with Gasteiger partial charge >= 0.3 is 5.97 Å². The van der Waals surface area contributed by atoms with Crippen LogP contribution in [0, 0.1) is 0 Å². The van der Waals surface area contributed by atoms with Gasteiger partial charge in [0.15, 0.2) is 9.84 Å². The minimum Gasteiger partial charge on any atom is -0.481 e.